The summed E-state index contributed by atoms with van der Waals surface area (Å²) in [6.07, 6.45) is 0.480. The van der Waals surface area contributed by atoms with E-state index in [-0.39, 0.29) is 5.78 Å². The summed E-state index contributed by atoms with van der Waals surface area (Å²) in [6, 6.07) is 9.36. The maximum atomic E-state index is 11.5. The van der Waals surface area contributed by atoms with Crippen LogP contribution in [0.2, 0.25) is 0 Å². The lowest BCUT2D eigenvalue weighted by Crippen LogP contribution is -2.32. The number of benzene rings is 1. The summed E-state index contributed by atoms with van der Waals surface area (Å²) in [6.45, 7) is 4.76. The van der Waals surface area contributed by atoms with Gasteiger partial charge in [0.1, 0.15) is 12.4 Å². The molecule has 0 radical (unpaired) electrons. The second-order valence-electron chi connectivity index (χ2n) is 4.64. The van der Waals surface area contributed by atoms with Crippen LogP contribution in [0.3, 0.4) is 0 Å². The summed E-state index contributed by atoms with van der Waals surface area (Å²) in [5.41, 5.74) is 0.595. The number of carbonyl (C=O) groups excluding carboxylic acids is 1. The molecule has 114 valence electrons. The van der Waals surface area contributed by atoms with Crippen LogP contribution in [0.5, 0.6) is 5.75 Å². The van der Waals surface area contributed by atoms with E-state index in [1.165, 1.54) is 6.92 Å². The molecule has 21 heavy (non-hydrogen) atoms. The molecule has 5 nitrogen and oxygen atoms in total. The molecule has 0 spiro atoms. The van der Waals surface area contributed by atoms with Crippen molar-refractivity contribution >= 4 is 5.78 Å². The van der Waals surface area contributed by atoms with Gasteiger partial charge in [-0.1, -0.05) is 12.1 Å². The van der Waals surface area contributed by atoms with E-state index in [0.717, 1.165) is 6.54 Å². The first-order valence-electron chi connectivity index (χ1n) is 7.00. The molecule has 1 aromatic rings. The van der Waals surface area contributed by atoms with Crippen LogP contribution in [0, 0.1) is 11.3 Å². The molecule has 0 amide bonds. The second-order valence-corrected chi connectivity index (χ2v) is 4.64. The molecule has 0 atom stereocenters. The van der Waals surface area contributed by atoms with Crippen LogP contribution in [0.15, 0.2) is 24.3 Å². The Hall–Kier alpha value is -1.90. The van der Waals surface area contributed by atoms with Crippen LogP contribution in [0.4, 0.5) is 0 Å². The molecular formula is C16H22N2O3. The average Bonchev–Trinajstić information content (AvgIpc) is 2.49. The van der Waals surface area contributed by atoms with Crippen molar-refractivity contribution in [3.05, 3.63) is 29.8 Å². The minimum Gasteiger partial charge on any atom is -0.491 e. The number of rotatable bonds is 10. The van der Waals surface area contributed by atoms with E-state index in [2.05, 4.69) is 11.0 Å². The predicted molar refractivity (Wildman–Crippen MR) is 80.5 cm³/mol. The molecule has 0 aromatic heterocycles. The van der Waals surface area contributed by atoms with E-state index in [1.807, 2.05) is 12.1 Å². The Balaban J connectivity index is 2.49. The van der Waals surface area contributed by atoms with Crippen molar-refractivity contribution in [2.45, 2.75) is 13.3 Å². The minimum atomic E-state index is -0.00804. The Kier molecular flexibility index (Phi) is 8.10. The Morgan fingerprint density at radius 2 is 1.95 bits per heavy atom. The Morgan fingerprint density at radius 3 is 2.62 bits per heavy atom. The Morgan fingerprint density at radius 1 is 1.24 bits per heavy atom. The van der Waals surface area contributed by atoms with E-state index in [4.69, 9.17) is 14.7 Å². The van der Waals surface area contributed by atoms with Crippen molar-refractivity contribution in [3.63, 3.8) is 0 Å². The van der Waals surface area contributed by atoms with Gasteiger partial charge in [0.05, 0.1) is 18.2 Å². The maximum Gasteiger partial charge on any atom is 0.163 e. The van der Waals surface area contributed by atoms with E-state index < -0.39 is 0 Å². The normalized spacial score (nSPS) is 10.4. The van der Waals surface area contributed by atoms with Gasteiger partial charge in [0.25, 0.3) is 0 Å². The minimum absolute atomic E-state index is 0.00804. The Labute approximate surface area is 126 Å². The smallest absolute Gasteiger partial charge is 0.163 e. The number of carbonyl (C=O) groups is 1. The van der Waals surface area contributed by atoms with E-state index in [9.17, 15) is 4.79 Å². The zero-order chi connectivity index (χ0) is 15.5. The van der Waals surface area contributed by atoms with Gasteiger partial charge >= 0.3 is 0 Å². The van der Waals surface area contributed by atoms with Crippen LogP contribution in [-0.4, -0.2) is 50.6 Å². The highest BCUT2D eigenvalue weighted by molar-refractivity contribution is 5.96. The number of para-hydroxylation sites is 1. The summed E-state index contributed by atoms with van der Waals surface area (Å²) in [4.78, 5) is 13.6. The fraction of sp³-hybridized carbons (Fsp3) is 0.500. The van der Waals surface area contributed by atoms with Crippen LogP contribution in [0.1, 0.15) is 23.7 Å². The monoisotopic (exact) mass is 290 g/mol. The van der Waals surface area contributed by atoms with E-state index in [1.54, 1.807) is 19.2 Å². The predicted octanol–water partition coefficient (Wildman–Crippen LogP) is 2.13. The third kappa shape index (κ3) is 6.39. The van der Waals surface area contributed by atoms with Crippen LogP contribution in [0.25, 0.3) is 0 Å². The summed E-state index contributed by atoms with van der Waals surface area (Å²) >= 11 is 0. The number of Topliss-reactive ketones (excluding diaryl/α,β-unsaturated/α-hetero) is 1. The molecule has 0 aliphatic heterocycles. The molecule has 5 heteroatoms. The van der Waals surface area contributed by atoms with Crippen molar-refractivity contribution in [1.29, 1.82) is 5.26 Å². The molecular weight excluding hydrogens is 268 g/mol. The van der Waals surface area contributed by atoms with Gasteiger partial charge in [-0.3, -0.25) is 9.69 Å². The zero-order valence-electron chi connectivity index (χ0n) is 12.7. The quantitative estimate of drug-likeness (QED) is 0.618. The summed E-state index contributed by atoms with van der Waals surface area (Å²) in [5.74, 6) is 0.600. The largest absolute Gasteiger partial charge is 0.491 e. The van der Waals surface area contributed by atoms with Gasteiger partial charge < -0.3 is 9.47 Å². The van der Waals surface area contributed by atoms with Crippen molar-refractivity contribution in [2.75, 3.05) is 40.0 Å². The first-order chi connectivity index (χ1) is 10.2. The topological polar surface area (TPSA) is 62.6 Å². The standard InChI is InChI=1S/C16H22N2O3/c1-14(19)15-6-3-4-7-16(15)21-13-11-18(9-5-8-17)10-12-20-2/h3-4,6-7H,5,9-13H2,1-2H3. The molecule has 0 aliphatic rings. The number of nitriles is 1. The molecule has 1 rings (SSSR count). The maximum absolute atomic E-state index is 11.5. The van der Waals surface area contributed by atoms with Crippen molar-refractivity contribution in [1.82, 2.24) is 4.90 Å². The Bertz CT molecular complexity index is 483. The van der Waals surface area contributed by atoms with Gasteiger partial charge in [0, 0.05) is 33.2 Å². The SMILES string of the molecule is COCCN(CCC#N)CCOc1ccccc1C(C)=O. The summed E-state index contributed by atoms with van der Waals surface area (Å²) in [5, 5.41) is 8.66. The molecule has 0 aliphatic carbocycles. The number of hydrogen-bond acceptors (Lipinski definition) is 5. The molecule has 0 bridgehead atoms. The number of hydrogen-bond donors (Lipinski definition) is 0. The summed E-state index contributed by atoms with van der Waals surface area (Å²) < 4.78 is 10.8. The van der Waals surface area contributed by atoms with Gasteiger partial charge in [-0.25, -0.2) is 0 Å². The van der Waals surface area contributed by atoms with Crippen LogP contribution < -0.4 is 4.74 Å². The molecule has 0 saturated carbocycles. The van der Waals surface area contributed by atoms with Crippen LogP contribution >= 0.6 is 0 Å². The first-order valence-corrected chi connectivity index (χ1v) is 7.00. The number of nitrogens with zero attached hydrogens (tertiary/aromatic N) is 2. The molecule has 0 heterocycles. The van der Waals surface area contributed by atoms with E-state index >= 15 is 0 Å². The van der Waals surface area contributed by atoms with Crippen molar-refractivity contribution in [2.24, 2.45) is 0 Å². The number of ether oxygens (including phenoxy) is 2. The van der Waals surface area contributed by atoms with Gasteiger partial charge in [-0.05, 0) is 19.1 Å². The third-order valence-electron chi connectivity index (χ3n) is 3.08. The van der Waals surface area contributed by atoms with E-state index in [0.29, 0.717) is 44.0 Å². The highest BCUT2D eigenvalue weighted by atomic mass is 16.5. The molecule has 0 fully saturated rings. The second kappa shape index (κ2) is 9.92. The van der Waals surface area contributed by atoms with Crippen molar-refractivity contribution in [3.8, 4) is 11.8 Å². The van der Waals surface area contributed by atoms with Gasteiger partial charge in [-0.15, -0.1) is 0 Å². The number of methoxy groups -OCH3 is 1. The average molecular weight is 290 g/mol. The first kappa shape index (κ1) is 17.2. The fourth-order valence-electron chi connectivity index (χ4n) is 1.93. The third-order valence-corrected chi connectivity index (χ3v) is 3.08. The van der Waals surface area contributed by atoms with Gasteiger partial charge in [0.15, 0.2) is 5.78 Å². The molecule has 0 unspecified atom stereocenters. The van der Waals surface area contributed by atoms with Gasteiger partial charge in [0.2, 0.25) is 0 Å². The zero-order valence-corrected chi connectivity index (χ0v) is 12.7. The molecule has 1 aromatic carbocycles. The van der Waals surface area contributed by atoms with Gasteiger partial charge in [-0.2, -0.15) is 5.26 Å². The van der Waals surface area contributed by atoms with Crippen LogP contribution in [-0.2, 0) is 4.74 Å². The number of ketones is 1. The lowest BCUT2D eigenvalue weighted by atomic mass is 10.1. The van der Waals surface area contributed by atoms with Crippen molar-refractivity contribution < 1.29 is 14.3 Å². The molecule has 0 saturated heterocycles. The molecule has 0 N–H and O–H groups in total. The highest BCUT2D eigenvalue weighted by Gasteiger charge is 2.09. The highest BCUT2D eigenvalue weighted by Crippen LogP contribution is 2.18. The lowest BCUT2D eigenvalue weighted by Gasteiger charge is -2.21. The lowest BCUT2D eigenvalue weighted by molar-refractivity contribution is 0.101. The summed E-state index contributed by atoms with van der Waals surface area (Å²) in [7, 11) is 1.65. The fourth-order valence-corrected chi connectivity index (χ4v) is 1.93.